The van der Waals surface area contributed by atoms with E-state index in [4.69, 9.17) is 9.72 Å². The third kappa shape index (κ3) is 3.51. The Morgan fingerprint density at radius 3 is 2.38 bits per heavy atom. The van der Waals surface area contributed by atoms with Gasteiger partial charge < -0.3 is 9.30 Å². The van der Waals surface area contributed by atoms with Crippen LogP contribution in [0, 0.1) is 0 Å². The van der Waals surface area contributed by atoms with Gasteiger partial charge in [0.25, 0.3) is 0 Å². The highest BCUT2D eigenvalue weighted by Gasteiger charge is 2.18. The van der Waals surface area contributed by atoms with Gasteiger partial charge >= 0.3 is 0 Å². The molecular weight excluding hydrogens is 388 g/mol. The first-order valence-corrected chi connectivity index (χ1v) is 9.41. The lowest BCUT2D eigenvalue weighted by molar-refractivity contribution is 0.212. The number of hydrogen-bond donors (Lipinski definition) is 0. The molecule has 3 aromatic carbocycles. The molecule has 1 unspecified atom stereocenters. The summed E-state index contributed by atoms with van der Waals surface area (Å²) in [5, 5.41) is 0. The molecule has 1 aromatic heterocycles. The first-order chi connectivity index (χ1) is 12.7. The van der Waals surface area contributed by atoms with Crippen LogP contribution in [0.15, 0.2) is 83.3 Å². The predicted molar refractivity (Wildman–Crippen MR) is 108 cm³/mol. The number of fused-ring (bicyclic) bond motifs is 1. The van der Waals surface area contributed by atoms with Crippen LogP contribution in [0.3, 0.4) is 0 Å². The minimum absolute atomic E-state index is 0.153. The lowest BCUT2D eigenvalue weighted by Crippen LogP contribution is -2.12. The zero-order valence-corrected chi connectivity index (χ0v) is 16.1. The number of halogens is 1. The Hall–Kier alpha value is -2.59. The number of hydrogen-bond acceptors (Lipinski definition) is 2. The summed E-state index contributed by atoms with van der Waals surface area (Å²) in [5.74, 6) is 1.78. The molecule has 0 aliphatic carbocycles. The fourth-order valence-electron chi connectivity index (χ4n) is 3.10. The first-order valence-electron chi connectivity index (χ1n) is 8.62. The summed E-state index contributed by atoms with van der Waals surface area (Å²) < 4.78 is 9.46. The summed E-state index contributed by atoms with van der Waals surface area (Å²) in [4.78, 5) is 4.85. The monoisotopic (exact) mass is 406 g/mol. The van der Waals surface area contributed by atoms with Gasteiger partial charge in [-0.3, -0.25) is 0 Å². The quantitative estimate of drug-likeness (QED) is 0.407. The third-order valence-corrected chi connectivity index (χ3v) is 4.89. The maximum Gasteiger partial charge on any atom is 0.153 e. The van der Waals surface area contributed by atoms with Crippen molar-refractivity contribution in [1.82, 2.24) is 9.55 Å². The van der Waals surface area contributed by atoms with Crippen molar-refractivity contribution < 1.29 is 4.74 Å². The second kappa shape index (κ2) is 7.34. The maximum absolute atomic E-state index is 6.14. The van der Waals surface area contributed by atoms with E-state index in [9.17, 15) is 0 Å². The molecule has 130 valence electrons. The number of rotatable bonds is 5. The Kier molecular flexibility index (Phi) is 4.76. The molecule has 0 fully saturated rings. The SMILES string of the molecule is CC(Oc1ccccc1)c1nc2ccccc2n1Cc1ccc(Br)cc1. The molecule has 0 amide bonds. The smallest absolute Gasteiger partial charge is 0.153 e. The van der Waals surface area contributed by atoms with Gasteiger partial charge in [0.15, 0.2) is 11.9 Å². The van der Waals surface area contributed by atoms with Crippen molar-refractivity contribution in [3.05, 3.63) is 94.7 Å². The summed E-state index contributed by atoms with van der Waals surface area (Å²) >= 11 is 3.50. The van der Waals surface area contributed by atoms with Gasteiger partial charge in [-0.05, 0) is 48.9 Å². The van der Waals surface area contributed by atoms with Crippen LogP contribution in [-0.4, -0.2) is 9.55 Å². The van der Waals surface area contributed by atoms with Gasteiger partial charge in [-0.25, -0.2) is 4.98 Å². The number of nitrogens with zero attached hydrogens (tertiary/aromatic N) is 2. The highest BCUT2D eigenvalue weighted by Crippen LogP contribution is 2.26. The van der Waals surface area contributed by atoms with E-state index in [2.05, 4.69) is 56.9 Å². The van der Waals surface area contributed by atoms with Crippen molar-refractivity contribution in [2.75, 3.05) is 0 Å². The van der Waals surface area contributed by atoms with Gasteiger partial charge in [0, 0.05) is 11.0 Å². The van der Waals surface area contributed by atoms with Crippen molar-refractivity contribution in [2.45, 2.75) is 19.6 Å². The highest BCUT2D eigenvalue weighted by molar-refractivity contribution is 9.10. The molecule has 1 heterocycles. The molecule has 4 heteroatoms. The van der Waals surface area contributed by atoms with Gasteiger partial charge in [0.1, 0.15) is 5.75 Å². The number of ether oxygens (including phenoxy) is 1. The molecule has 0 bridgehead atoms. The Balaban J connectivity index is 1.72. The van der Waals surface area contributed by atoms with Crippen molar-refractivity contribution in [2.24, 2.45) is 0 Å². The van der Waals surface area contributed by atoms with E-state index >= 15 is 0 Å². The molecule has 0 N–H and O–H groups in total. The van der Waals surface area contributed by atoms with E-state index in [0.717, 1.165) is 33.6 Å². The molecule has 4 aromatic rings. The van der Waals surface area contributed by atoms with Crippen LogP contribution in [-0.2, 0) is 6.54 Å². The zero-order valence-electron chi connectivity index (χ0n) is 14.5. The van der Waals surface area contributed by atoms with Crippen LogP contribution in [0.25, 0.3) is 11.0 Å². The number of aromatic nitrogens is 2. The Bertz CT molecular complexity index is 1010. The van der Waals surface area contributed by atoms with Crippen molar-refractivity contribution in [1.29, 1.82) is 0 Å². The highest BCUT2D eigenvalue weighted by atomic mass is 79.9. The summed E-state index contributed by atoms with van der Waals surface area (Å²) in [5.41, 5.74) is 3.33. The third-order valence-electron chi connectivity index (χ3n) is 4.36. The minimum atomic E-state index is -0.153. The standard InChI is InChI=1S/C22H19BrN2O/c1-16(26-19-7-3-2-4-8-19)22-24-20-9-5-6-10-21(20)25(22)15-17-11-13-18(23)14-12-17/h2-14,16H,15H2,1H3. The Morgan fingerprint density at radius 2 is 1.62 bits per heavy atom. The van der Waals surface area contributed by atoms with Crippen molar-refractivity contribution in [3.63, 3.8) is 0 Å². The van der Waals surface area contributed by atoms with Crippen LogP contribution < -0.4 is 4.74 Å². The first kappa shape index (κ1) is 16.9. The van der Waals surface area contributed by atoms with E-state index in [-0.39, 0.29) is 6.10 Å². The molecule has 0 aliphatic heterocycles. The molecule has 3 nitrogen and oxygen atoms in total. The Morgan fingerprint density at radius 1 is 0.923 bits per heavy atom. The molecule has 4 rings (SSSR count). The van der Waals surface area contributed by atoms with Crippen LogP contribution >= 0.6 is 15.9 Å². The van der Waals surface area contributed by atoms with Gasteiger partial charge in [-0.1, -0.05) is 58.4 Å². The van der Waals surface area contributed by atoms with Crippen molar-refractivity contribution >= 4 is 27.0 Å². The largest absolute Gasteiger partial charge is 0.483 e. The predicted octanol–water partition coefficient (Wildman–Crippen LogP) is 5.99. The van der Waals surface area contributed by atoms with E-state index in [1.165, 1.54) is 5.56 Å². The van der Waals surface area contributed by atoms with Crippen LogP contribution in [0.4, 0.5) is 0 Å². The molecule has 0 radical (unpaired) electrons. The summed E-state index contributed by atoms with van der Waals surface area (Å²) in [6.45, 7) is 2.80. The van der Waals surface area contributed by atoms with Gasteiger partial charge in [0.05, 0.1) is 11.0 Å². The van der Waals surface area contributed by atoms with E-state index in [0.29, 0.717) is 0 Å². The van der Waals surface area contributed by atoms with Gasteiger partial charge in [-0.15, -0.1) is 0 Å². The fraction of sp³-hybridized carbons (Fsp3) is 0.136. The van der Waals surface area contributed by atoms with Crippen LogP contribution in [0.5, 0.6) is 5.75 Å². The average molecular weight is 407 g/mol. The molecule has 0 aliphatic rings. The molecule has 1 atom stereocenters. The lowest BCUT2D eigenvalue weighted by Gasteiger charge is -2.17. The number of para-hydroxylation sites is 3. The van der Waals surface area contributed by atoms with Crippen molar-refractivity contribution in [3.8, 4) is 5.75 Å². The number of benzene rings is 3. The summed E-state index contributed by atoms with van der Waals surface area (Å²) in [7, 11) is 0. The van der Waals surface area contributed by atoms with E-state index < -0.39 is 0 Å². The van der Waals surface area contributed by atoms with Crippen LogP contribution in [0.2, 0.25) is 0 Å². The Labute approximate surface area is 161 Å². The number of imidazole rings is 1. The zero-order chi connectivity index (χ0) is 17.9. The molecular formula is C22H19BrN2O. The maximum atomic E-state index is 6.14. The van der Waals surface area contributed by atoms with Crippen LogP contribution in [0.1, 0.15) is 24.4 Å². The summed E-state index contributed by atoms with van der Waals surface area (Å²) in [6.07, 6.45) is -0.153. The second-order valence-corrected chi connectivity index (χ2v) is 7.16. The van der Waals surface area contributed by atoms with E-state index in [1.54, 1.807) is 0 Å². The topological polar surface area (TPSA) is 27.1 Å². The van der Waals surface area contributed by atoms with E-state index in [1.807, 2.05) is 49.4 Å². The fourth-order valence-corrected chi connectivity index (χ4v) is 3.36. The lowest BCUT2D eigenvalue weighted by atomic mass is 10.2. The summed E-state index contributed by atoms with van der Waals surface area (Å²) in [6, 6.07) is 26.5. The molecule has 0 saturated carbocycles. The molecule has 26 heavy (non-hydrogen) atoms. The van der Waals surface area contributed by atoms with Gasteiger partial charge in [-0.2, -0.15) is 0 Å². The van der Waals surface area contributed by atoms with Gasteiger partial charge in [0.2, 0.25) is 0 Å². The molecule has 0 saturated heterocycles. The average Bonchev–Trinajstić information content (AvgIpc) is 3.03. The second-order valence-electron chi connectivity index (χ2n) is 6.24. The molecule has 0 spiro atoms. The minimum Gasteiger partial charge on any atom is -0.483 e. The normalized spacial score (nSPS) is 12.2.